The predicted molar refractivity (Wildman–Crippen MR) is 99.2 cm³/mol. The quantitative estimate of drug-likeness (QED) is 0.834. The summed E-state index contributed by atoms with van der Waals surface area (Å²) in [6.45, 7) is 8.38. The van der Waals surface area contributed by atoms with Crippen LogP contribution in [0.25, 0.3) is 0 Å². The van der Waals surface area contributed by atoms with Crippen LogP contribution in [0.15, 0.2) is 29.2 Å². The molecule has 6 nitrogen and oxygen atoms in total. The lowest BCUT2D eigenvalue weighted by Crippen LogP contribution is -2.47. The Morgan fingerprint density at radius 2 is 1.84 bits per heavy atom. The fourth-order valence-corrected chi connectivity index (χ4v) is 4.51. The van der Waals surface area contributed by atoms with Gasteiger partial charge in [-0.3, -0.25) is 4.79 Å². The van der Waals surface area contributed by atoms with E-state index in [0.717, 1.165) is 12.8 Å². The third kappa shape index (κ3) is 5.03. The molecule has 1 amide bonds. The number of hydrogen-bond donors (Lipinski definition) is 1. The van der Waals surface area contributed by atoms with Gasteiger partial charge in [0.15, 0.2) is 0 Å². The molecule has 0 saturated carbocycles. The Bertz CT molecular complexity index is 708. The molecule has 1 heterocycles. The van der Waals surface area contributed by atoms with Gasteiger partial charge >= 0.3 is 0 Å². The molecular formula is C18H29N3O3S. The molecule has 1 aliphatic heterocycles. The number of hydrogen-bond acceptors (Lipinski definition) is 4. The van der Waals surface area contributed by atoms with Gasteiger partial charge in [-0.2, -0.15) is 4.31 Å². The zero-order chi connectivity index (χ0) is 18.7. The van der Waals surface area contributed by atoms with Gasteiger partial charge < -0.3 is 10.2 Å². The molecule has 0 aromatic heterocycles. The van der Waals surface area contributed by atoms with Crippen LogP contribution in [0.4, 0.5) is 0 Å². The molecule has 2 rings (SSSR count). The van der Waals surface area contributed by atoms with E-state index >= 15 is 0 Å². The second-order valence-electron chi connectivity index (χ2n) is 7.32. The highest BCUT2D eigenvalue weighted by Crippen LogP contribution is 2.19. The lowest BCUT2D eigenvalue weighted by molar-refractivity contribution is 0.0909. The van der Waals surface area contributed by atoms with Gasteiger partial charge in [0.1, 0.15) is 0 Å². The first kappa shape index (κ1) is 19.9. The smallest absolute Gasteiger partial charge is 0.251 e. The van der Waals surface area contributed by atoms with Crippen molar-refractivity contribution in [2.75, 3.05) is 33.2 Å². The van der Waals surface area contributed by atoms with E-state index in [4.69, 9.17) is 0 Å². The van der Waals surface area contributed by atoms with Crippen LogP contribution >= 0.6 is 0 Å². The highest BCUT2D eigenvalue weighted by molar-refractivity contribution is 7.89. The Morgan fingerprint density at radius 3 is 2.44 bits per heavy atom. The van der Waals surface area contributed by atoms with Gasteiger partial charge in [-0.05, 0) is 45.5 Å². The number of nitrogens with one attached hydrogen (secondary N) is 1. The number of likely N-dealkylation sites (N-methyl/N-ethyl adjacent to an activating group) is 1. The molecule has 7 heteroatoms. The molecular weight excluding hydrogens is 338 g/mol. The van der Waals surface area contributed by atoms with Crippen LogP contribution < -0.4 is 5.32 Å². The summed E-state index contributed by atoms with van der Waals surface area (Å²) in [5, 5.41) is 2.98. The Hall–Kier alpha value is -1.44. The largest absolute Gasteiger partial charge is 0.347 e. The van der Waals surface area contributed by atoms with Crippen molar-refractivity contribution in [1.29, 1.82) is 0 Å². The molecule has 1 aliphatic rings. The van der Waals surface area contributed by atoms with Crippen LogP contribution in [0.1, 0.15) is 44.0 Å². The van der Waals surface area contributed by atoms with Gasteiger partial charge in [-0.1, -0.05) is 19.4 Å². The van der Waals surface area contributed by atoms with E-state index in [1.807, 2.05) is 20.9 Å². The van der Waals surface area contributed by atoms with Gasteiger partial charge in [0, 0.05) is 37.3 Å². The molecule has 1 fully saturated rings. The summed E-state index contributed by atoms with van der Waals surface area (Å²) in [4.78, 5) is 14.8. The summed E-state index contributed by atoms with van der Waals surface area (Å²) in [6, 6.07) is 6.32. The third-order valence-electron chi connectivity index (χ3n) is 4.52. The molecule has 0 aliphatic carbocycles. The van der Waals surface area contributed by atoms with Crippen LogP contribution in [0.2, 0.25) is 0 Å². The predicted octanol–water partition coefficient (Wildman–Crippen LogP) is 1.93. The number of piperazine rings is 1. The van der Waals surface area contributed by atoms with Crippen LogP contribution in [0.5, 0.6) is 0 Å². The molecule has 140 valence electrons. The van der Waals surface area contributed by atoms with E-state index in [9.17, 15) is 13.2 Å². The first-order chi connectivity index (χ1) is 11.7. The summed E-state index contributed by atoms with van der Waals surface area (Å²) < 4.78 is 27.2. The Morgan fingerprint density at radius 1 is 1.20 bits per heavy atom. The summed E-state index contributed by atoms with van der Waals surface area (Å²) in [7, 11) is -1.59. The van der Waals surface area contributed by atoms with Gasteiger partial charge in [-0.25, -0.2) is 8.42 Å². The number of amides is 1. The normalized spacial score (nSPS) is 17.4. The minimum Gasteiger partial charge on any atom is -0.347 e. The molecule has 0 unspecified atom stereocenters. The number of benzene rings is 1. The highest BCUT2D eigenvalue weighted by Gasteiger charge is 2.28. The second-order valence-corrected chi connectivity index (χ2v) is 9.26. The van der Waals surface area contributed by atoms with Crippen molar-refractivity contribution in [3.05, 3.63) is 29.8 Å². The van der Waals surface area contributed by atoms with Crippen molar-refractivity contribution >= 4 is 15.9 Å². The van der Waals surface area contributed by atoms with Crippen molar-refractivity contribution in [2.24, 2.45) is 0 Å². The number of carbonyl (C=O) groups excluding carboxylic acids is 1. The minimum absolute atomic E-state index is 0.179. The zero-order valence-electron chi connectivity index (χ0n) is 15.6. The van der Waals surface area contributed by atoms with E-state index < -0.39 is 10.0 Å². The zero-order valence-corrected chi connectivity index (χ0v) is 16.4. The maximum Gasteiger partial charge on any atom is 0.251 e. The van der Waals surface area contributed by atoms with Crippen LogP contribution in [0.3, 0.4) is 0 Å². The molecule has 1 aromatic carbocycles. The summed E-state index contributed by atoms with van der Waals surface area (Å²) in [5.41, 5.74) is 0.0532. The third-order valence-corrected chi connectivity index (χ3v) is 6.42. The molecule has 1 N–H and O–H groups in total. The highest BCUT2D eigenvalue weighted by atomic mass is 32.2. The average molecular weight is 368 g/mol. The van der Waals surface area contributed by atoms with Gasteiger partial charge in [-0.15, -0.1) is 0 Å². The van der Waals surface area contributed by atoms with Crippen molar-refractivity contribution < 1.29 is 13.2 Å². The molecule has 25 heavy (non-hydrogen) atoms. The van der Waals surface area contributed by atoms with Gasteiger partial charge in [0.05, 0.1) is 4.90 Å². The number of sulfonamides is 1. The fourth-order valence-electron chi connectivity index (χ4n) is 3.04. The van der Waals surface area contributed by atoms with Crippen LogP contribution in [0, 0.1) is 0 Å². The van der Waals surface area contributed by atoms with E-state index in [0.29, 0.717) is 31.7 Å². The molecule has 0 bridgehead atoms. The average Bonchev–Trinajstić information content (AvgIpc) is 2.55. The topological polar surface area (TPSA) is 69.7 Å². The first-order valence-corrected chi connectivity index (χ1v) is 10.2. The van der Waals surface area contributed by atoms with Crippen molar-refractivity contribution in [3.8, 4) is 0 Å². The Labute approximate surface area is 151 Å². The SMILES string of the molecule is CCCC(C)(C)NC(=O)c1cccc(S(=O)(=O)N2CCN(C)CC2)c1. The molecule has 0 spiro atoms. The molecule has 1 aromatic rings. The van der Waals surface area contributed by atoms with Crippen LogP contribution in [-0.4, -0.2) is 62.3 Å². The van der Waals surface area contributed by atoms with E-state index in [2.05, 4.69) is 17.1 Å². The van der Waals surface area contributed by atoms with E-state index in [1.165, 1.54) is 10.4 Å². The van der Waals surface area contributed by atoms with E-state index in [1.54, 1.807) is 18.2 Å². The van der Waals surface area contributed by atoms with Gasteiger partial charge in [0.2, 0.25) is 10.0 Å². The van der Waals surface area contributed by atoms with Crippen molar-refractivity contribution in [3.63, 3.8) is 0 Å². The second kappa shape index (κ2) is 7.85. The summed E-state index contributed by atoms with van der Waals surface area (Å²) >= 11 is 0. The maximum absolute atomic E-state index is 12.8. The Kier molecular flexibility index (Phi) is 6.24. The number of rotatable bonds is 6. The Balaban J connectivity index is 2.19. The number of carbonyl (C=O) groups is 1. The fraction of sp³-hybridized carbons (Fsp3) is 0.611. The van der Waals surface area contributed by atoms with E-state index in [-0.39, 0.29) is 16.3 Å². The minimum atomic E-state index is -3.57. The maximum atomic E-state index is 12.8. The van der Waals surface area contributed by atoms with Gasteiger partial charge in [0.25, 0.3) is 5.91 Å². The number of nitrogens with zero attached hydrogens (tertiary/aromatic N) is 2. The first-order valence-electron chi connectivity index (χ1n) is 8.77. The standard InChI is InChI=1S/C18H29N3O3S/c1-5-9-18(2,3)19-17(22)15-7-6-8-16(14-15)25(23,24)21-12-10-20(4)11-13-21/h6-8,14H,5,9-13H2,1-4H3,(H,19,22). The lowest BCUT2D eigenvalue weighted by atomic mass is 9.98. The molecule has 1 saturated heterocycles. The molecule has 0 atom stereocenters. The molecule has 0 radical (unpaired) electrons. The van der Waals surface area contributed by atoms with Crippen molar-refractivity contribution in [2.45, 2.75) is 44.0 Å². The summed E-state index contributed by atoms with van der Waals surface area (Å²) in [6.07, 6.45) is 1.82. The van der Waals surface area contributed by atoms with Crippen LogP contribution in [-0.2, 0) is 10.0 Å². The van der Waals surface area contributed by atoms with Crippen molar-refractivity contribution in [1.82, 2.24) is 14.5 Å². The lowest BCUT2D eigenvalue weighted by Gasteiger charge is -2.31. The summed E-state index contributed by atoms with van der Waals surface area (Å²) in [5.74, 6) is -0.242. The monoisotopic (exact) mass is 367 g/mol.